The third-order valence-corrected chi connectivity index (χ3v) is 3.91. The molecule has 25 heavy (non-hydrogen) atoms. The van der Waals surface area contributed by atoms with Crippen molar-refractivity contribution in [3.05, 3.63) is 23.8 Å². The first-order chi connectivity index (χ1) is 11.8. The second kappa shape index (κ2) is 6.73. The highest BCUT2D eigenvalue weighted by Gasteiger charge is 2.37. The van der Waals surface area contributed by atoms with Gasteiger partial charge in [0.2, 0.25) is 0 Å². The summed E-state index contributed by atoms with van der Waals surface area (Å²) in [6.07, 6.45) is -3.82. The Hall–Kier alpha value is -2.59. The molecule has 0 spiro atoms. The number of nitrogens with one attached hydrogen (secondary N) is 1. The minimum Gasteiger partial charge on any atom is -0.430 e. The number of likely N-dealkylation sites (tertiary alicyclic amines) is 1. The normalized spacial score (nSPS) is 23.3. The van der Waals surface area contributed by atoms with Crippen LogP contribution in [0.25, 0.3) is 0 Å². The van der Waals surface area contributed by atoms with Crippen LogP contribution in [0.15, 0.2) is 12.3 Å². The van der Waals surface area contributed by atoms with E-state index >= 15 is 0 Å². The molecule has 1 N–H and O–H groups in total. The quantitative estimate of drug-likeness (QED) is 0.828. The summed E-state index contributed by atoms with van der Waals surface area (Å²) in [7, 11) is 0. The molecule has 2 fully saturated rings. The number of urea groups is 1. The van der Waals surface area contributed by atoms with Crippen LogP contribution in [0.3, 0.4) is 0 Å². The van der Waals surface area contributed by atoms with E-state index in [1.165, 1.54) is 4.90 Å². The van der Waals surface area contributed by atoms with Crippen LogP contribution < -0.4 is 5.32 Å². The van der Waals surface area contributed by atoms with Crippen LogP contribution in [0.4, 0.5) is 22.8 Å². The third kappa shape index (κ3) is 3.91. The molecule has 136 valence electrons. The van der Waals surface area contributed by atoms with E-state index < -0.39 is 36.2 Å². The number of aromatic nitrogens is 2. The Bertz CT molecular complexity index is 670. The number of ether oxygens (including phenoxy) is 2. The first-order valence-corrected chi connectivity index (χ1v) is 7.62. The van der Waals surface area contributed by atoms with Gasteiger partial charge in [-0.25, -0.2) is 19.6 Å². The molecule has 0 bridgehead atoms. The van der Waals surface area contributed by atoms with E-state index in [0.717, 1.165) is 12.3 Å². The Kier molecular flexibility index (Phi) is 4.64. The average molecular weight is 360 g/mol. The first-order valence-electron chi connectivity index (χ1n) is 7.62. The van der Waals surface area contributed by atoms with Crippen LogP contribution >= 0.6 is 0 Å². The summed E-state index contributed by atoms with van der Waals surface area (Å²) in [6.45, 7) is 0.466. The van der Waals surface area contributed by atoms with Gasteiger partial charge in [-0.1, -0.05) is 0 Å². The monoisotopic (exact) mass is 360 g/mol. The fourth-order valence-electron chi connectivity index (χ4n) is 2.74. The molecular weight excluding hydrogens is 345 g/mol. The van der Waals surface area contributed by atoms with Gasteiger partial charge in [0.25, 0.3) is 0 Å². The molecule has 2 unspecified atom stereocenters. The predicted molar refractivity (Wildman–Crippen MR) is 75.3 cm³/mol. The average Bonchev–Trinajstić information content (AvgIpc) is 3.21. The number of halogens is 3. The molecule has 0 saturated carbocycles. The number of hydrogen-bond donors (Lipinski definition) is 1. The van der Waals surface area contributed by atoms with E-state index in [2.05, 4.69) is 20.0 Å². The van der Waals surface area contributed by atoms with Crippen LogP contribution in [-0.4, -0.2) is 52.9 Å². The summed E-state index contributed by atoms with van der Waals surface area (Å²) in [5.74, 6) is -0.0434. The fourth-order valence-corrected chi connectivity index (χ4v) is 2.74. The van der Waals surface area contributed by atoms with Crippen molar-refractivity contribution in [3.63, 3.8) is 0 Å². The minimum absolute atomic E-state index is 0.0410. The molecule has 1 aromatic rings. The summed E-state index contributed by atoms with van der Waals surface area (Å²) in [5.41, 5.74) is -1.04. The van der Waals surface area contributed by atoms with Gasteiger partial charge in [0.05, 0.1) is 12.6 Å². The Morgan fingerprint density at radius 3 is 2.92 bits per heavy atom. The second-order valence-electron chi connectivity index (χ2n) is 5.64. The molecule has 2 aliphatic heterocycles. The maximum atomic E-state index is 12.8. The lowest BCUT2D eigenvalue weighted by atomic mass is 10.2. The zero-order chi connectivity index (χ0) is 18.0. The maximum Gasteiger partial charge on any atom is 0.508 e. The summed E-state index contributed by atoms with van der Waals surface area (Å²) < 4.78 is 47.8. The highest BCUT2D eigenvalue weighted by atomic mass is 19.4. The number of nitrogens with zero attached hydrogens (tertiary/aromatic N) is 3. The van der Waals surface area contributed by atoms with Crippen molar-refractivity contribution in [2.75, 3.05) is 19.7 Å². The summed E-state index contributed by atoms with van der Waals surface area (Å²) in [4.78, 5) is 32.0. The standard InChI is InChI=1S/C14H15F3N4O4/c15-14(16,17)10-3-4-18-11(20-10)9-2-1-5-21(9)12(22)19-6-8-7-24-13(23)25-8/h3-4,8-9H,1-2,5-7H2,(H,19,22). The van der Waals surface area contributed by atoms with Gasteiger partial charge in [-0.15, -0.1) is 0 Å². The lowest BCUT2D eigenvalue weighted by Gasteiger charge is -2.24. The molecule has 1 aromatic heterocycles. The molecule has 2 atom stereocenters. The van der Waals surface area contributed by atoms with E-state index in [0.29, 0.717) is 19.4 Å². The molecule has 11 heteroatoms. The molecule has 3 heterocycles. The first kappa shape index (κ1) is 17.2. The van der Waals surface area contributed by atoms with Gasteiger partial charge in [0.15, 0.2) is 11.9 Å². The topological polar surface area (TPSA) is 93.7 Å². The van der Waals surface area contributed by atoms with Crippen LogP contribution in [0, 0.1) is 0 Å². The summed E-state index contributed by atoms with van der Waals surface area (Å²) in [5, 5.41) is 2.58. The van der Waals surface area contributed by atoms with Crippen LogP contribution in [0.2, 0.25) is 0 Å². The van der Waals surface area contributed by atoms with E-state index in [-0.39, 0.29) is 19.0 Å². The summed E-state index contributed by atoms with van der Waals surface area (Å²) in [6, 6.07) is -0.326. The number of hydrogen-bond acceptors (Lipinski definition) is 6. The lowest BCUT2D eigenvalue weighted by molar-refractivity contribution is -0.141. The third-order valence-electron chi connectivity index (χ3n) is 3.91. The molecule has 2 saturated heterocycles. The smallest absolute Gasteiger partial charge is 0.430 e. The van der Waals surface area contributed by atoms with Crippen molar-refractivity contribution >= 4 is 12.2 Å². The Morgan fingerprint density at radius 2 is 2.24 bits per heavy atom. The molecule has 2 aliphatic rings. The van der Waals surface area contributed by atoms with Gasteiger partial charge in [-0.3, -0.25) is 0 Å². The van der Waals surface area contributed by atoms with Crippen molar-refractivity contribution in [1.29, 1.82) is 0 Å². The molecule has 3 rings (SSSR count). The van der Waals surface area contributed by atoms with E-state index in [1.54, 1.807) is 0 Å². The molecule has 8 nitrogen and oxygen atoms in total. The zero-order valence-electron chi connectivity index (χ0n) is 13.0. The van der Waals surface area contributed by atoms with Crippen molar-refractivity contribution in [2.45, 2.75) is 31.2 Å². The van der Waals surface area contributed by atoms with E-state index in [4.69, 9.17) is 4.74 Å². The minimum atomic E-state index is -4.57. The Balaban J connectivity index is 1.66. The fraction of sp³-hybridized carbons (Fsp3) is 0.571. The van der Waals surface area contributed by atoms with Gasteiger partial charge in [0.1, 0.15) is 12.3 Å². The van der Waals surface area contributed by atoms with Crippen molar-refractivity contribution in [3.8, 4) is 0 Å². The van der Waals surface area contributed by atoms with Crippen LogP contribution in [0.1, 0.15) is 30.4 Å². The number of rotatable bonds is 3. The molecule has 0 aliphatic carbocycles. The van der Waals surface area contributed by atoms with E-state index in [1.807, 2.05) is 0 Å². The molecular formula is C14H15F3N4O4. The van der Waals surface area contributed by atoms with Gasteiger partial charge in [0, 0.05) is 12.7 Å². The lowest BCUT2D eigenvalue weighted by Crippen LogP contribution is -2.43. The van der Waals surface area contributed by atoms with Gasteiger partial charge in [-0.05, 0) is 18.9 Å². The largest absolute Gasteiger partial charge is 0.508 e. The van der Waals surface area contributed by atoms with Crippen molar-refractivity contribution in [2.24, 2.45) is 0 Å². The van der Waals surface area contributed by atoms with Gasteiger partial charge < -0.3 is 19.7 Å². The van der Waals surface area contributed by atoms with E-state index in [9.17, 15) is 22.8 Å². The molecule has 0 aromatic carbocycles. The number of amides is 2. The zero-order valence-corrected chi connectivity index (χ0v) is 13.0. The van der Waals surface area contributed by atoms with Crippen molar-refractivity contribution in [1.82, 2.24) is 20.2 Å². The number of cyclic esters (lactones) is 2. The Morgan fingerprint density at radius 1 is 1.44 bits per heavy atom. The van der Waals surface area contributed by atoms with Gasteiger partial charge in [-0.2, -0.15) is 13.2 Å². The number of alkyl halides is 3. The van der Waals surface area contributed by atoms with Crippen LogP contribution in [0.5, 0.6) is 0 Å². The number of carbonyl (C=O) groups is 2. The van der Waals surface area contributed by atoms with Crippen LogP contribution in [-0.2, 0) is 15.7 Å². The number of carbonyl (C=O) groups excluding carboxylic acids is 2. The van der Waals surface area contributed by atoms with Gasteiger partial charge >= 0.3 is 18.4 Å². The Labute approximate surface area is 140 Å². The van der Waals surface area contributed by atoms with Crippen molar-refractivity contribution < 1.29 is 32.2 Å². The molecule has 2 amide bonds. The second-order valence-corrected chi connectivity index (χ2v) is 5.64. The molecule has 0 radical (unpaired) electrons. The predicted octanol–water partition coefficient (Wildman–Crippen LogP) is 1.88. The SMILES string of the molecule is O=C1OCC(CNC(=O)N2CCCC2c2nccc(C(F)(F)F)n2)O1. The highest BCUT2D eigenvalue weighted by molar-refractivity contribution is 5.75. The highest BCUT2D eigenvalue weighted by Crippen LogP contribution is 2.32. The maximum absolute atomic E-state index is 12.8. The summed E-state index contributed by atoms with van der Waals surface area (Å²) >= 11 is 0.